The molecule has 1 aliphatic rings. The molecule has 39 heavy (non-hydrogen) atoms. The van der Waals surface area contributed by atoms with Gasteiger partial charge in [0.15, 0.2) is 29.4 Å². The summed E-state index contributed by atoms with van der Waals surface area (Å²) in [5, 5.41) is 3.27. The van der Waals surface area contributed by atoms with Gasteiger partial charge in [-0.25, -0.2) is 19.3 Å². The van der Waals surface area contributed by atoms with E-state index < -0.39 is 32.2 Å². The fraction of sp³-hybridized carbons (Fsp3) is 0.296. The number of benzene rings is 2. The van der Waals surface area contributed by atoms with Crippen molar-refractivity contribution in [3.63, 3.8) is 0 Å². The van der Waals surface area contributed by atoms with E-state index in [1.54, 1.807) is 0 Å². The van der Waals surface area contributed by atoms with E-state index in [1.807, 2.05) is 60.7 Å². The maximum absolute atomic E-state index is 16.0. The van der Waals surface area contributed by atoms with Crippen molar-refractivity contribution < 1.29 is 27.5 Å². The molecule has 3 heterocycles. The van der Waals surface area contributed by atoms with Crippen molar-refractivity contribution in [2.75, 3.05) is 19.5 Å². The number of hydrogen-bond acceptors (Lipinski definition) is 9. The summed E-state index contributed by atoms with van der Waals surface area (Å²) in [6, 6.07) is 19.3. The van der Waals surface area contributed by atoms with Crippen LogP contribution in [0.4, 0.5) is 10.2 Å². The first-order valence-electron chi connectivity index (χ1n) is 12.3. The molecule has 0 aliphatic carbocycles. The number of nitrogens with zero attached hydrogens (tertiary/aromatic N) is 4. The smallest absolute Gasteiger partial charge is 0.353 e. The van der Waals surface area contributed by atoms with Crippen LogP contribution in [0.1, 0.15) is 17.4 Å². The van der Waals surface area contributed by atoms with E-state index in [9.17, 15) is 4.57 Å². The fourth-order valence-corrected chi connectivity index (χ4v) is 5.09. The third-order valence-electron chi connectivity index (χ3n) is 6.39. The van der Waals surface area contributed by atoms with E-state index in [0.29, 0.717) is 23.5 Å². The highest BCUT2D eigenvalue weighted by Gasteiger charge is 2.47. The monoisotopic (exact) mass is 553 g/mol. The summed E-state index contributed by atoms with van der Waals surface area (Å²) in [5.74, 6) is 1.77. The Hall–Kier alpha value is -3.47. The maximum Gasteiger partial charge on any atom is 0.353 e. The lowest BCUT2D eigenvalue weighted by molar-refractivity contribution is -0.0193. The van der Waals surface area contributed by atoms with Crippen LogP contribution in [0.5, 0.6) is 0 Å². The predicted octanol–water partition coefficient (Wildman–Crippen LogP) is 5.26. The van der Waals surface area contributed by atoms with E-state index in [4.69, 9.17) is 18.5 Å². The number of alkyl halides is 1. The van der Waals surface area contributed by atoms with Crippen LogP contribution in [-0.4, -0.2) is 52.1 Å². The Morgan fingerprint density at radius 1 is 1.03 bits per heavy atom. The van der Waals surface area contributed by atoms with Crippen molar-refractivity contribution in [1.82, 2.24) is 19.5 Å². The lowest BCUT2D eigenvalue weighted by atomic mass is 10.1. The van der Waals surface area contributed by atoms with Gasteiger partial charge in [0, 0.05) is 26.6 Å². The van der Waals surface area contributed by atoms with Crippen molar-refractivity contribution in [2.24, 2.45) is 0 Å². The van der Waals surface area contributed by atoms with Crippen molar-refractivity contribution in [3.05, 3.63) is 96.3 Å². The number of fused-ring (bicyclic) bond motifs is 1. The molecular weight excluding hydrogens is 524 g/mol. The maximum atomic E-state index is 16.0. The van der Waals surface area contributed by atoms with Crippen molar-refractivity contribution >= 4 is 24.6 Å². The number of aromatic nitrogens is 4. The van der Waals surface area contributed by atoms with Crippen LogP contribution >= 0.6 is 7.60 Å². The van der Waals surface area contributed by atoms with Gasteiger partial charge in [0.2, 0.25) is 0 Å². The zero-order chi connectivity index (χ0) is 27.2. The number of nitrogens with one attached hydrogen (secondary N) is 1. The van der Waals surface area contributed by atoms with Gasteiger partial charge in [0.1, 0.15) is 18.5 Å². The van der Waals surface area contributed by atoms with E-state index in [-0.39, 0.29) is 6.61 Å². The second kappa shape index (κ2) is 12.1. The Morgan fingerprint density at radius 3 is 2.41 bits per heavy atom. The number of anilines is 1. The Balaban J connectivity index is 1.41. The molecule has 1 N–H and O–H groups in total. The molecular formula is C27H29FN5O5P. The third-order valence-corrected chi connectivity index (χ3v) is 7.95. The summed E-state index contributed by atoms with van der Waals surface area (Å²) in [4.78, 5) is 13.1. The summed E-state index contributed by atoms with van der Waals surface area (Å²) in [6.45, 7) is 0.700. The van der Waals surface area contributed by atoms with Crippen molar-refractivity contribution in [3.8, 4) is 0 Å². The molecule has 0 radical (unpaired) electrons. The lowest BCUT2D eigenvalue weighted by Crippen LogP contribution is -2.30. The van der Waals surface area contributed by atoms with Gasteiger partial charge in [-0.05, 0) is 17.2 Å². The largest absolute Gasteiger partial charge is 0.367 e. The summed E-state index contributed by atoms with van der Waals surface area (Å²) in [7, 11) is -0.957. The van der Waals surface area contributed by atoms with Crippen LogP contribution in [0.15, 0.2) is 85.2 Å². The Kier molecular flexibility index (Phi) is 8.44. The van der Waals surface area contributed by atoms with Gasteiger partial charge in [0.25, 0.3) is 0 Å². The van der Waals surface area contributed by atoms with Gasteiger partial charge in [-0.15, -0.1) is 0 Å². The molecule has 0 amide bonds. The van der Waals surface area contributed by atoms with Crippen LogP contribution in [0.2, 0.25) is 0 Å². The SMILES string of the molecule is COP(=O)(/C=C/[C@H]1O[C@@H](n2cnc3c(NCc4ccccc4)ncnc32)[C@H](F)[C@@H]1OCc1ccccc1)OC. The molecule has 4 aromatic rings. The average molecular weight is 554 g/mol. The molecule has 1 fully saturated rings. The van der Waals surface area contributed by atoms with E-state index in [1.165, 1.54) is 43.3 Å². The second-order valence-electron chi connectivity index (χ2n) is 8.83. The van der Waals surface area contributed by atoms with E-state index >= 15 is 4.39 Å². The van der Waals surface area contributed by atoms with Crippen LogP contribution < -0.4 is 5.32 Å². The summed E-state index contributed by atoms with van der Waals surface area (Å²) >= 11 is 0. The molecule has 1 saturated heterocycles. The number of imidazole rings is 1. The molecule has 2 aromatic heterocycles. The molecule has 4 atom stereocenters. The van der Waals surface area contributed by atoms with Gasteiger partial charge >= 0.3 is 7.60 Å². The molecule has 0 bridgehead atoms. The van der Waals surface area contributed by atoms with Crippen LogP contribution in [-0.2, 0) is 36.2 Å². The van der Waals surface area contributed by atoms with Crippen molar-refractivity contribution in [1.29, 1.82) is 0 Å². The third kappa shape index (κ3) is 6.08. The van der Waals surface area contributed by atoms with Crippen LogP contribution in [0, 0.1) is 0 Å². The number of rotatable bonds is 11. The van der Waals surface area contributed by atoms with E-state index in [0.717, 1.165) is 11.1 Å². The number of hydrogen-bond donors (Lipinski definition) is 1. The summed E-state index contributed by atoms with van der Waals surface area (Å²) in [5.41, 5.74) is 2.83. The Labute approximate surface area is 225 Å². The van der Waals surface area contributed by atoms with Gasteiger partial charge in [0.05, 0.1) is 12.9 Å². The Bertz CT molecular complexity index is 1450. The minimum absolute atomic E-state index is 0.166. The van der Waals surface area contributed by atoms with Gasteiger partial charge in [-0.3, -0.25) is 9.13 Å². The zero-order valence-corrected chi connectivity index (χ0v) is 22.4. The molecule has 2 aromatic carbocycles. The highest BCUT2D eigenvalue weighted by atomic mass is 31.2. The molecule has 12 heteroatoms. The van der Waals surface area contributed by atoms with Crippen molar-refractivity contribution in [2.45, 2.75) is 37.8 Å². The number of ether oxygens (including phenoxy) is 2. The normalized spacial score (nSPS) is 21.6. The minimum Gasteiger partial charge on any atom is -0.367 e. The fourth-order valence-electron chi connectivity index (χ4n) is 4.32. The predicted molar refractivity (Wildman–Crippen MR) is 144 cm³/mol. The quantitative estimate of drug-likeness (QED) is 0.249. The highest BCUT2D eigenvalue weighted by Crippen LogP contribution is 2.49. The standard InChI is InChI=1S/C27H29FN5O5P/c1-35-39(34,36-2)14-13-21-24(37-16-20-11-7-4-8-12-20)22(28)27(38-21)33-18-32-23-25(30-17-31-26(23)33)29-15-19-9-5-3-6-10-19/h3-14,17-18,21-22,24,27H,15-16H2,1-2H3,(H,29,30,31)/b14-13+/t21-,22-,24-,27-/m1/s1. The zero-order valence-electron chi connectivity index (χ0n) is 21.5. The van der Waals surface area contributed by atoms with Gasteiger partial charge in [-0.2, -0.15) is 0 Å². The van der Waals surface area contributed by atoms with Gasteiger partial charge in [-0.1, -0.05) is 60.7 Å². The molecule has 0 saturated carbocycles. The van der Waals surface area contributed by atoms with E-state index in [2.05, 4.69) is 20.3 Å². The Morgan fingerprint density at radius 2 is 1.72 bits per heavy atom. The molecule has 5 rings (SSSR count). The topological polar surface area (TPSA) is 110 Å². The first-order valence-corrected chi connectivity index (χ1v) is 13.9. The lowest BCUT2D eigenvalue weighted by Gasteiger charge is -2.18. The molecule has 10 nitrogen and oxygen atoms in total. The first kappa shape index (κ1) is 27.1. The summed E-state index contributed by atoms with van der Waals surface area (Å²) in [6.07, 6.45) is -0.278. The summed E-state index contributed by atoms with van der Waals surface area (Å²) < 4.78 is 52.2. The minimum atomic E-state index is -3.50. The first-order chi connectivity index (χ1) is 19.0. The van der Waals surface area contributed by atoms with Gasteiger partial charge < -0.3 is 23.8 Å². The highest BCUT2D eigenvalue weighted by molar-refractivity contribution is 7.57. The molecule has 204 valence electrons. The average Bonchev–Trinajstić information content (AvgIpc) is 3.55. The molecule has 1 aliphatic heterocycles. The molecule has 0 spiro atoms. The number of halogens is 1. The molecule has 0 unspecified atom stereocenters. The second-order valence-corrected chi connectivity index (χ2v) is 10.9. The van der Waals surface area contributed by atoms with Crippen LogP contribution in [0.3, 0.4) is 0 Å². The van der Waals surface area contributed by atoms with Crippen LogP contribution in [0.25, 0.3) is 11.2 Å².